The largest absolute Gasteiger partial charge is 0.351 e. The molecule has 1 aromatic rings. The van der Waals surface area contributed by atoms with Crippen molar-refractivity contribution in [2.45, 2.75) is 39.0 Å². The molecule has 1 aliphatic rings. The van der Waals surface area contributed by atoms with E-state index in [4.69, 9.17) is 0 Å². The Bertz CT molecular complexity index is 152. The van der Waals surface area contributed by atoms with E-state index in [2.05, 4.69) is 16.9 Å². The third-order valence-corrected chi connectivity index (χ3v) is 2.30. The van der Waals surface area contributed by atoms with Gasteiger partial charge in [-0.15, -0.1) is 17.0 Å². The van der Waals surface area contributed by atoms with E-state index >= 15 is 0 Å². The van der Waals surface area contributed by atoms with Crippen LogP contribution in [0.5, 0.6) is 0 Å². The predicted molar refractivity (Wildman–Crippen MR) is 61.2 cm³/mol. The molecule has 0 unspecified atom stereocenters. The maximum atomic E-state index is 3.67. The molecule has 13 heavy (non-hydrogen) atoms. The van der Waals surface area contributed by atoms with Crippen LogP contribution >= 0.6 is 17.0 Å². The first-order valence-electron chi connectivity index (χ1n) is 4.82. The summed E-state index contributed by atoms with van der Waals surface area (Å²) >= 11 is 0. The van der Waals surface area contributed by atoms with Gasteiger partial charge in [0, 0.05) is 12.4 Å². The first-order chi connectivity index (χ1) is 5.89. The summed E-state index contributed by atoms with van der Waals surface area (Å²) in [6.45, 7) is 2.36. The Morgan fingerprint density at radius 2 is 1.92 bits per heavy atom. The Labute approximate surface area is 90.9 Å². The fraction of sp³-hybridized carbons (Fsp3) is 0.700. The molecule has 1 fully saturated rings. The lowest BCUT2D eigenvalue weighted by Gasteiger charge is -2.15. The van der Waals surface area contributed by atoms with Crippen molar-refractivity contribution in [1.29, 1.82) is 0 Å². The molecule has 0 spiro atoms. The molecule has 0 radical (unpaired) electrons. The van der Waals surface area contributed by atoms with Crippen LogP contribution in [-0.2, 0) is 0 Å². The Balaban J connectivity index is 0.000000215. The quantitative estimate of drug-likeness (QED) is 0.745. The van der Waals surface area contributed by atoms with E-state index in [0.717, 1.165) is 5.92 Å². The number of hydrogen-bond donors (Lipinski definition) is 1. The van der Waals surface area contributed by atoms with Crippen LogP contribution in [0, 0.1) is 5.92 Å². The highest BCUT2D eigenvalue weighted by molar-refractivity contribution is 8.93. The van der Waals surface area contributed by atoms with Crippen LogP contribution in [0.1, 0.15) is 39.0 Å². The second-order valence-corrected chi connectivity index (χ2v) is 3.50. The number of hydrogen-bond acceptors (Lipinski definition) is 1. The molecule has 3 heteroatoms. The lowest BCUT2D eigenvalue weighted by molar-refractivity contribution is 0.385. The molecule has 0 amide bonds. The molecule has 1 aromatic heterocycles. The van der Waals surface area contributed by atoms with Gasteiger partial charge in [-0.2, -0.15) is 0 Å². The van der Waals surface area contributed by atoms with Crippen LogP contribution < -0.4 is 0 Å². The van der Waals surface area contributed by atoms with Crippen LogP contribution in [0.4, 0.5) is 0 Å². The molecule has 1 heterocycles. The first kappa shape index (κ1) is 12.7. The van der Waals surface area contributed by atoms with E-state index in [1.165, 1.54) is 32.1 Å². The number of rotatable bonds is 0. The zero-order valence-electron chi connectivity index (χ0n) is 8.20. The highest BCUT2D eigenvalue weighted by Crippen LogP contribution is 2.21. The zero-order chi connectivity index (χ0) is 8.65. The molecular formula is C10H19BrN2. The number of nitrogens with zero attached hydrogens (tertiary/aromatic N) is 1. The normalized spacial score (nSPS) is 16.7. The first-order valence-corrected chi connectivity index (χ1v) is 4.82. The molecule has 0 aliphatic heterocycles. The van der Waals surface area contributed by atoms with Crippen molar-refractivity contribution >= 4 is 17.0 Å². The van der Waals surface area contributed by atoms with Crippen LogP contribution in [0.15, 0.2) is 18.7 Å². The van der Waals surface area contributed by atoms with Gasteiger partial charge in [0.15, 0.2) is 0 Å². The standard InChI is InChI=1S/C7H14.C3H4N2.BrH/c1-7-5-3-2-4-6-7;1-2-5-3-4-1;/h7H,2-6H2,1H3;1-3H,(H,4,5);1H. The molecule has 2 nitrogen and oxygen atoms in total. The molecule has 1 aliphatic carbocycles. The number of nitrogens with one attached hydrogen (secondary N) is 1. The molecule has 76 valence electrons. The Kier molecular flexibility index (Phi) is 8.10. The molecule has 0 saturated heterocycles. The van der Waals surface area contributed by atoms with Crippen molar-refractivity contribution in [3.8, 4) is 0 Å². The van der Waals surface area contributed by atoms with Gasteiger partial charge < -0.3 is 4.98 Å². The van der Waals surface area contributed by atoms with Gasteiger partial charge in [-0.3, -0.25) is 0 Å². The molecular weight excluding hydrogens is 228 g/mol. The van der Waals surface area contributed by atoms with E-state index in [1.807, 2.05) is 0 Å². The van der Waals surface area contributed by atoms with E-state index < -0.39 is 0 Å². The van der Waals surface area contributed by atoms with Crippen LogP contribution in [0.2, 0.25) is 0 Å². The summed E-state index contributed by atoms with van der Waals surface area (Å²) in [7, 11) is 0. The SMILES string of the molecule is Br.CC1CCCCC1.c1c[nH]cn1. The summed E-state index contributed by atoms with van der Waals surface area (Å²) in [5.41, 5.74) is 0. The van der Waals surface area contributed by atoms with Gasteiger partial charge in [0.2, 0.25) is 0 Å². The second-order valence-electron chi connectivity index (χ2n) is 3.50. The van der Waals surface area contributed by atoms with Crippen molar-refractivity contribution in [2.24, 2.45) is 5.92 Å². The van der Waals surface area contributed by atoms with E-state index in [0.29, 0.717) is 0 Å². The maximum Gasteiger partial charge on any atom is 0.0919 e. The Hall–Kier alpha value is -0.310. The third-order valence-electron chi connectivity index (χ3n) is 2.30. The monoisotopic (exact) mass is 246 g/mol. The average Bonchev–Trinajstić information content (AvgIpc) is 2.62. The van der Waals surface area contributed by atoms with E-state index in [1.54, 1.807) is 18.7 Å². The van der Waals surface area contributed by atoms with Crippen molar-refractivity contribution in [2.75, 3.05) is 0 Å². The number of H-pyrrole nitrogens is 1. The zero-order valence-corrected chi connectivity index (χ0v) is 9.91. The minimum atomic E-state index is 0. The summed E-state index contributed by atoms with van der Waals surface area (Å²) in [4.78, 5) is 6.42. The average molecular weight is 247 g/mol. The highest BCUT2D eigenvalue weighted by atomic mass is 79.9. The number of aromatic amines is 1. The summed E-state index contributed by atoms with van der Waals surface area (Å²) in [6, 6.07) is 0. The van der Waals surface area contributed by atoms with Gasteiger partial charge in [0.1, 0.15) is 0 Å². The number of imidazole rings is 1. The highest BCUT2D eigenvalue weighted by Gasteiger charge is 2.05. The summed E-state index contributed by atoms with van der Waals surface area (Å²) < 4.78 is 0. The molecule has 0 aromatic carbocycles. The smallest absolute Gasteiger partial charge is 0.0919 e. The van der Waals surface area contributed by atoms with E-state index in [9.17, 15) is 0 Å². The molecule has 0 bridgehead atoms. The number of halogens is 1. The Morgan fingerprint density at radius 3 is 2.15 bits per heavy atom. The van der Waals surface area contributed by atoms with Gasteiger partial charge in [-0.05, 0) is 5.92 Å². The molecule has 1 saturated carbocycles. The lowest BCUT2D eigenvalue weighted by atomic mass is 9.91. The third kappa shape index (κ3) is 6.82. The van der Waals surface area contributed by atoms with Crippen molar-refractivity contribution in [3.05, 3.63) is 18.7 Å². The summed E-state index contributed by atoms with van der Waals surface area (Å²) in [5, 5.41) is 0. The predicted octanol–water partition coefficient (Wildman–Crippen LogP) is 3.57. The molecule has 1 N–H and O–H groups in total. The molecule has 0 atom stereocenters. The molecule has 2 rings (SSSR count). The minimum absolute atomic E-state index is 0. The topological polar surface area (TPSA) is 28.7 Å². The van der Waals surface area contributed by atoms with Gasteiger partial charge >= 0.3 is 0 Å². The van der Waals surface area contributed by atoms with Crippen molar-refractivity contribution in [1.82, 2.24) is 9.97 Å². The van der Waals surface area contributed by atoms with Gasteiger partial charge in [-0.25, -0.2) is 4.98 Å². The summed E-state index contributed by atoms with van der Waals surface area (Å²) in [5.74, 6) is 1.04. The fourth-order valence-electron chi connectivity index (χ4n) is 1.52. The van der Waals surface area contributed by atoms with Gasteiger partial charge in [0.05, 0.1) is 6.33 Å². The van der Waals surface area contributed by atoms with Gasteiger partial charge in [0.25, 0.3) is 0 Å². The van der Waals surface area contributed by atoms with Crippen LogP contribution in [-0.4, -0.2) is 9.97 Å². The lowest BCUT2D eigenvalue weighted by Crippen LogP contribution is -1.99. The van der Waals surface area contributed by atoms with Crippen LogP contribution in [0.25, 0.3) is 0 Å². The van der Waals surface area contributed by atoms with Crippen LogP contribution in [0.3, 0.4) is 0 Å². The van der Waals surface area contributed by atoms with E-state index in [-0.39, 0.29) is 17.0 Å². The summed E-state index contributed by atoms with van der Waals surface area (Å²) in [6.07, 6.45) is 12.5. The van der Waals surface area contributed by atoms with Gasteiger partial charge in [-0.1, -0.05) is 39.0 Å². The van der Waals surface area contributed by atoms with Crippen molar-refractivity contribution < 1.29 is 0 Å². The maximum absolute atomic E-state index is 3.67. The second kappa shape index (κ2) is 8.30. The number of aromatic nitrogens is 2. The minimum Gasteiger partial charge on any atom is -0.351 e. The fourth-order valence-corrected chi connectivity index (χ4v) is 1.52. The Morgan fingerprint density at radius 1 is 1.23 bits per heavy atom. The van der Waals surface area contributed by atoms with Crippen molar-refractivity contribution in [3.63, 3.8) is 0 Å².